The van der Waals surface area contributed by atoms with Crippen molar-refractivity contribution in [3.05, 3.63) is 101 Å². The Labute approximate surface area is 161 Å². The topological polar surface area (TPSA) is 29.5 Å². The van der Waals surface area contributed by atoms with E-state index in [0.717, 1.165) is 22.4 Å². The molecule has 0 unspecified atom stereocenters. The molecule has 0 aliphatic rings. The van der Waals surface area contributed by atoms with Gasteiger partial charge in [-0.15, -0.1) is 0 Å². The lowest BCUT2D eigenvalue weighted by Gasteiger charge is -2.24. The molecular formula is C24H25NO2. The zero-order chi connectivity index (χ0) is 19.1. The molecule has 3 rings (SSSR count). The highest BCUT2D eigenvalue weighted by molar-refractivity contribution is 5.94. The lowest BCUT2D eigenvalue weighted by molar-refractivity contribution is 0.0730. The summed E-state index contributed by atoms with van der Waals surface area (Å²) in [6.07, 6.45) is 0. The molecule has 0 fully saturated rings. The average Bonchev–Trinajstić information content (AvgIpc) is 2.70. The minimum atomic E-state index is 0.0221. The molecular weight excluding hydrogens is 334 g/mol. The number of amides is 1. The van der Waals surface area contributed by atoms with Crippen molar-refractivity contribution in [2.45, 2.75) is 26.9 Å². The Morgan fingerprint density at radius 1 is 0.852 bits per heavy atom. The van der Waals surface area contributed by atoms with Gasteiger partial charge in [-0.3, -0.25) is 4.79 Å². The van der Waals surface area contributed by atoms with E-state index in [2.05, 4.69) is 24.3 Å². The number of carbonyl (C=O) groups is 1. The summed E-state index contributed by atoms with van der Waals surface area (Å²) >= 11 is 0. The van der Waals surface area contributed by atoms with Gasteiger partial charge in [0.15, 0.2) is 0 Å². The number of nitrogens with zero attached hydrogens (tertiary/aromatic N) is 1. The maximum atomic E-state index is 13.3. The Hall–Kier alpha value is -3.07. The fourth-order valence-electron chi connectivity index (χ4n) is 3.09. The summed E-state index contributed by atoms with van der Waals surface area (Å²) in [5.74, 6) is 0.848. The third-order valence-corrected chi connectivity index (χ3v) is 4.44. The van der Waals surface area contributed by atoms with E-state index in [1.54, 1.807) is 0 Å². The third-order valence-electron chi connectivity index (χ3n) is 4.44. The SMILES string of the molecule is CCOc1ccc(C(=O)N(Cc2ccccc2)Cc2ccccc2)cc1C. The summed E-state index contributed by atoms with van der Waals surface area (Å²) in [5.41, 5.74) is 3.89. The van der Waals surface area contributed by atoms with Crippen LogP contribution in [0.15, 0.2) is 78.9 Å². The molecule has 3 heteroatoms. The molecule has 3 aromatic carbocycles. The molecule has 0 bridgehead atoms. The molecule has 0 heterocycles. The fraction of sp³-hybridized carbons (Fsp3) is 0.208. The fourth-order valence-corrected chi connectivity index (χ4v) is 3.09. The molecule has 0 saturated heterocycles. The molecule has 0 aliphatic carbocycles. The van der Waals surface area contributed by atoms with Crippen molar-refractivity contribution in [2.24, 2.45) is 0 Å². The number of rotatable bonds is 7. The highest BCUT2D eigenvalue weighted by Gasteiger charge is 2.18. The Morgan fingerprint density at radius 2 is 1.41 bits per heavy atom. The normalized spacial score (nSPS) is 10.4. The number of aryl methyl sites for hydroxylation is 1. The van der Waals surface area contributed by atoms with E-state index in [1.165, 1.54) is 0 Å². The number of benzene rings is 3. The molecule has 0 aromatic heterocycles. The minimum Gasteiger partial charge on any atom is -0.494 e. The van der Waals surface area contributed by atoms with Crippen LogP contribution in [0.25, 0.3) is 0 Å². The predicted octanol–water partition coefficient (Wildman–Crippen LogP) is 5.24. The third kappa shape index (κ3) is 4.98. The Kier molecular flexibility index (Phi) is 6.26. The van der Waals surface area contributed by atoms with Gasteiger partial charge in [0.2, 0.25) is 0 Å². The number of hydrogen-bond donors (Lipinski definition) is 0. The minimum absolute atomic E-state index is 0.0221. The van der Waals surface area contributed by atoms with Crippen LogP contribution in [0.5, 0.6) is 5.75 Å². The van der Waals surface area contributed by atoms with Gasteiger partial charge in [0.25, 0.3) is 5.91 Å². The van der Waals surface area contributed by atoms with E-state index < -0.39 is 0 Å². The van der Waals surface area contributed by atoms with E-state index in [9.17, 15) is 4.79 Å². The lowest BCUT2D eigenvalue weighted by Crippen LogP contribution is -2.30. The van der Waals surface area contributed by atoms with Gasteiger partial charge in [0.05, 0.1) is 6.61 Å². The van der Waals surface area contributed by atoms with E-state index >= 15 is 0 Å². The smallest absolute Gasteiger partial charge is 0.254 e. The molecule has 0 aliphatic heterocycles. The lowest BCUT2D eigenvalue weighted by atomic mass is 10.1. The van der Waals surface area contributed by atoms with Crippen LogP contribution in [0.1, 0.15) is 34.0 Å². The molecule has 0 saturated carbocycles. The van der Waals surface area contributed by atoms with Gasteiger partial charge in [0, 0.05) is 18.7 Å². The Morgan fingerprint density at radius 3 is 1.89 bits per heavy atom. The van der Waals surface area contributed by atoms with Gasteiger partial charge in [-0.2, -0.15) is 0 Å². The van der Waals surface area contributed by atoms with Crippen LogP contribution in [-0.4, -0.2) is 17.4 Å². The van der Waals surface area contributed by atoms with Crippen molar-refractivity contribution in [3.8, 4) is 5.75 Å². The zero-order valence-electron chi connectivity index (χ0n) is 15.9. The van der Waals surface area contributed by atoms with Crippen LogP contribution in [0.3, 0.4) is 0 Å². The standard InChI is InChI=1S/C24H25NO2/c1-3-27-23-15-14-22(16-19(23)2)24(26)25(17-20-10-6-4-7-11-20)18-21-12-8-5-9-13-21/h4-16H,3,17-18H2,1-2H3. The molecule has 138 valence electrons. The van der Waals surface area contributed by atoms with E-state index in [0.29, 0.717) is 25.3 Å². The maximum absolute atomic E-state index is 13.3. The first-order valence-corrected chi connectivity index (χ1v) is 9.28. The molecule has 0 spiro atoms. The number of hydrogen-bond acceptors (Lipinski definition) is 2. The molecule has 0 N–H and O–H groups in total. The summed E-state index contributed by atoms with van der Waals surface area (Å²) in [6.45, 7) is 5.68. The van der Waals surface area contributed by atoms with Crippen LogP contribution < -0.4 is 4.74 Å². The molecule has 0 radical (unpaired) electrons. The van der Waals surface area contributed by atoms with Crippen LogP contribution in [0, 0.1) is 6.92 Å². The summed E-state index contributed by atoms with van der Waals surface area (Å²) in [4.78, 5) is 15.1. The van der Waals surface area contributed by atoms with Gasteiger partial charge in [-0.1, -0.05) is 60.7 Å². The van der Waals surface area contributed by atoms with Crippen molar-refractivity contribution in [2.75, 3.05) is 6.61 Å². The molecule has 3 aromatic rings. The van der Waals surface area contributed by atoms with Gasteiger partial charge in [0.1, 0.15) is 5.75 Å². The van der Waals surface area contributed by atoms with E-state index in [1.807, 2.05) is 73.3 Å². The molecule has 3 nitrogen and oxygen atoms in total. The molecule has 0 atom stereocenters. The zero-order valence-corrected chi connectivity index (χ0v) is 15.9. The summed E-state index contributed by atoms with van der Waals surface area (Å²) in [5, 5.41) is 0. The van der Waals surface area contributed by atoms with Crippen molar-refractivity contribution in [1.29, 1.82) is 0 Å². The van der Waals surface area contributed by atoms with E-state index in [-0.39, 0.29) is 5.91 Å². The first kappa shape index (κ1) is 18.7. The van der Waals surface area contributed by atoms with Crippen LogP contribution >= 0.6 is 0 Å². The van der Waals surface area contributed by atoms with Gasteiger partial charge in [-0.25, -0.2) is 0 Å². The Bertz CT molecular complexity index is 834. The second-order valence-corrected chi connectivity index (χ2v) is 6.55. The first-order valence-electron chi connectivity index (χ1n) is 9.28. The van der Waals surface area contributed by atoms with Gasteiger partial charge >= 0.3 is 0 Å². The summed E-state index contributed by atoms with van der Waals surface area (Å²) in [6, 6.07) is 25.8. The predicted molar refractivity (Wildman–Crippen MR) is 109 cm³/mol. The van der Waals surface area contributed by atoms with Gasteiger partial charge < -0.3 is 9.64 Å². The highest BCUT2D eigenvalue weighted by Crippen LogP contribution is 2.21. The Balaban J connectivity index is 1.86. The monoisotopic (exact) mass is 359 g/mol. The van der Waals surface area contributed by atoms with Gasteiger partial charge in [-0.05, 0) is 48.7 Å². The van der Waals surface area contributed by atoms with Crippen LogP contribution in [0.4, 0.5) is 0 Å². The molecule has 1 amide bonds. The second-order valence-electron chi connectivity index (χ2n) is 6.55. The van der Waals surface area contributed by atoms with E-state index in [4.69, 9.17) is 4.74 Å². The summed E-state index contributed by atoms with van der Waals surface area (Å²) < 4.78 is 5.60. The van der Waals surface area contributed by atoms with Crippen LogP contribution in [-0.2, 0) is 13.1 Å². The van der Waals surface area contributed by atoms with Crippen molar-refractivity contribution >= 4 is 5.91 Å². The van der Waals surface area contributed by atoms with Crippen LogP contribution in [0.2, 0.25) is 0 Å². The summed E-state index contributed by atoms with van der Waals surface area (Å²) in [7, 11) is 0. The maximum Gasteiger partial charge on any atom is 0.254 e. The average molecular weight is 359 g/mol. The van der Waals surface area contributed by atoms with Crippen molar-refractivity contribution in [3.63, 3.8) is 0 Å². The molecule has 27 heavy (non-hydrogen) atoms. The second kappa shape index (κ2) is 9.04. The number of ether oxygens (including phenoxy) is 1. The highest BCUT2D eigenvalue weighted by atomic mass is 16.5. The number of carbonyl (C=O) groups excluding carboxylic acids is 1. The van der Waals surface area contributed by atoms with Crippen molar-refractivity contribution in [1.82, 2.24) is 4.90 Å². The first-order chi connectivity index (χ1) is 13.2. The quantitative estimate of drug-likeness (QED) is 0.578. The largest absolute Gasteiger partial charge is 0.494 e. The van der Waals surface area contributed by atoms with Crippen molar-refractivity contribution < 1.29 is 9.53 Å².